The van der Waals surface area contributed by atoms with Crippen molar-refractivity contribution in [2.75, 3.05) is 11.9 Å². The first-order valence-corrected chi connectivity index (χ1v) is 6.61. The van der Waals surface area contributed by atoms with Crippen LogP contribution in [0.3, 0.4) is 0 Å². The molecule has 0 bridgehead atoms. The van der Waals surface area contributed by atoms with E-state index >= 15 is 0 Å². The fourth-order valence-electron chi connectivity index (χ4n) is 1.84. The molecule has 5 heteroatoms. The van der Waals surface area contributed by atoms with Gasteiger partial charge in [0.2, 0.25) is 0 Å². The molecule has 0 saturated heterocycles. The lowest BCUT2D eigenvalue weighted by Gasteiger charge is -2.12. The summed E-state index contributed by atoms with van der Waals surface area (Å²) < 4.78 is 19.1. The molecule has 0 aliphatic heterocycles. The quantitative estimate of drug-likeness (QED) is 0.826. The molecule has 0 aliphatic rings. The highest BCUT2D eigenvalue weighted by Crippen LogP contribution is 2.24. The minimum atomic E-state index is -0.437. The summed E-state index contributed by atoms with van der Waals surface area (Å²) in [4.78, 5) is 0.0246. The predicted octanol–water partition coefficient (Wildman–Crippen LogP) is 3.60. The van der Waals surface area contributed by atoms with Crippen LogP contribution >= 0.6 is 12.2 Å². The van der Waals surface area contributed by atoms with Crippen molar-refractivity contribution in [2.45, 2.75) is 6.92 Å². The van der Waals surface area contributed by atoms with E-state index in [2.05, 4.69) is 5.32 Å². The van der Waals surface area contributed by atoms with Gasteiger partial charge in [0.15, 0.2) is 0 Å². The van der Waals surface area contributed by atoms with Crippen LogP contribution in [0.2, 0.25) is 0 Å². The Bertz CT molecular complexity index is 614. The second-order valence-electron chi connectivity index (χ2n) is 4.11. The largest absolute Gasteiger partial charge is 0.494 e. The van der Waals surface area contributed by atoms with Crippen LogP contribution in [0, 0.1) is 5.82 Å². The standard InChI is InChI=1S/C15H15FN2OS/c1-2-19-11-8-6-10(7-9-11)18-13-5-3-4-12(16)14(13)15(17)20/h3-9,18H,2H2,1H3,(H2,17,20). The molecule has 2 rings (SSSR count). The van der Waals surface area contributed by atoms with Gasteiger partial charge in [-0.25, -0.2) is 4.39 Å². The van der Waals surface area contributed by atoms with E-state index in [0.29, 0.717) is 12.3 Å². The summed E-state index contributed by atoms with van der Waals surface area (Å²) in [7, 11) is 0. The summed E-state index contributed by atoms with van der Waals surface area (Å²) in [5.74, 6) is 0.347. The third-order valence-electron chi connectivity index (χ3n) is 2.70. The van der Waals surface area contributed by atoms with Crippen LogP contribution in [0.4, 0.5) is 15.8 Å². The Morgan fingerprint density at radius 1 is 1.25 bits per heavy atom. The van der Waals surface area contributed by atoms with Gasteiger partial charge in [-0.1, -0.05) is 18.3 Å². The molecule has 0 aliphatic carbocycles. The first-order chi connectivity index (χ1) is 9.61. The lowest BCUT2D eigenvalue weighted by molar-refractivity contribution is 0.340. The normalized spacial score (nSPS) is 10.1. The molecule has 0 fully saturated rings. The zero-order valence-electron chi connectivity index (χ0n) is 11.0. The molecule has 3 N–H and O–H groups in total. The van der Waals surface area contributed by atoms with Crippen molar-refractivity contribution >= 4 is 28.6 Å². The number of thiocarbonyl (C=S) groups is 1. The van der Waals surface area contributed by atoms with Gasteiger partial charge in [-0.2, -0.15) is 0 Å². The van der Waals surface area contributed by atoms with Crippen LogP contribution in [0.15, 0.2) is 42.5 Å². The van der Waals surface area contributed by atoms with Crippen LogP contribution in [-0.2, 0) is 0 Å². The molecule has 0 atom stereocenters. The highest BCUT2D eigenvalue weighted by atomic mass is 32.1. The number of rotatable bonds is 5. The minimum absolute atomic E-state index is 0.0246. The van der Waals surface area contributed by atoms with Gasteiger partial charge in [0.1, 0.15) is 16.6 Å². The molecule has 0 amide bonds. The van der Waals surface area contributed by atoms with Crippen molar-refractivity contribution in [3.63, 3.8) is 0 Å². The number of nitrogens with two attached hydrogens (primary N) is 1. The first-order valence-electron chi connectivity index (χ1n) is 6.20. The van der Waals surface area contributed by atoms with Crippen LogP contribution in [0.1, 0.15) is 12.5 Å². The molecule has 0 aromatic heterocycles. The van der Waals surface area contributed by atoms with E-state index in [1.165, 1.54) is 6.07 Å². The maximum atomic E-state index is 13.7. The Morgan fingerprint density at radius 2 is 1.95 bits per heavy atom. The van der Waals surface area contributed by atoms with Crippen molar-refractivity contribution in [3.8, 4) is 5.75 Å². The predicted molar refractivity (Wildman–Crippen MR) is 83.2 cm³/mol. The summed E-state index contributed by atoms with van der Waals surface area (Å²) >= 11 is 4.89. The second kappa shape index (κ2) is 6.34. The number of benzene rings is 2. The van der Waals surface area contributed by atoms with E-state index in [4.69, 9.17) is 22.7 Å². The maximum absolute atomic E-state index is 13.7. The summed E-state index contributed by atoms with van der Waals surface area (Å²) in [5.41, 5.74) is 7.13. The average Bonchev–Trinajstić information content (AvgIpc) is 2.41. The maximum Gasteiger partial charge on any atom is 0.135 e. The number of anilines is 2. The number of nitrogens with one attached hydrogen (secondary N) is 1. The molecule has 0 saturated carbocycles. The van der Waals surface area contributed by atoms with Gasteiger partial charge in [0, 0.05) is 5.69 Å². The molecule has 20 heavy (non-hydrogen) atoms. The monoisotopic (exact) mass is 290 g/mol. The van der Waals surface area contributed by atoms with E-state index in [1.807, 2.05) is 31.2 Å². The molecule has 3 nitrogen and oxygen atoms in total. The molecule has 104 valence electrons. The molecule has 2 aromatic carbocycles. The Kier molecular flexibility index (Phi) is 4.53. The zero-order valence-corrected chi connectivity index (χ0v) is 11.8. The SMILES string of the molecule is CCOc1ccc(Nc2cccc(F)c2C(N)=S)cc1. The van der Waals surface area contributed by atoms with Gasteiger partial charge in [-0.05, 0) is 43.3 Å². The Balaban J connectivity index is 2.26. The summed E-state index contributed by atoms with van der Waals surface area (Å²) in [6, 6.07) is 12.0. The van der Waals surface area contributed by atoms with Gasteiger partial charge < -0.3 is 15.8 Å². The number of ether oxygens (including phenoxy) is 1. The van der Waals surface area contributed by atoms with Crippen LogP contribution in [-0.4, -0.2) is 11.6 Å². The van der Waals surface area contributed by atoms with E-state index in [0.717, 1.165) is 11.4 Å². The van der Waals surface area contributed by atoms with Crippen molar-refractivity contribution in [1.29, 1.82) is 0 Å². The third kappa shape index (κ3) is 3.24. The minimum Gasteiger partial charge on any atom is -0.494 e. The fourth-order valence-corrected chi connectivity index (χ4v) is 2.04. The Labute approximate surface area is 122 Å². The summed E-state index contributed by atoms with van der Waals surface area (Å²) in [5, 5.41) is 3.10. The van der Waals surface area contributed by atoms with Crippen molar-refractivity contribution in [2.24, 2.45) is 5.73 Å². The molecule has 0 heterocycles. The second-order valence-corrected chi connectivity index (χ2v) is 4.55. The number of hydrogen-bond acceptors (Lipinski definition) is 3. The van der Waals surface area contributed by atoms with E-state index in [1.54, 1.807) is 12.1 Å². The van der Waals surface area contributed by atoms with Crippen LogP contribution < -0.4 is 15.8 Å². The van der Waals surface area contributed by atoms with Gasteiger partial charge in [-0.3, -0.25) is 0 Å². The molecular formula is C15H15FN2OS. The summed E-state index contributed by atoms with van der Waals surface area (Å²) in [6.07, 6.45) is 0. The first kappa shape index (κ1) is 14.3. The average molecular weight is 290 g/mol. The van der Waals surface area contributed by atoms with Crippen LogP contribution in [0.25, 0.3) is 0 Å². The van der Waals surface area contributed by atoms with Gasteiger partial charge >= 0.3 is 0 Å². The molecular weight excluding hydrogens is 275 g/mol. The van der Waals surface area contributed by atoms with E-state index in [-0.39, 0.29) is 10.6 Å². The van der Waals surface area contributed by atoms with Gasteiger partial charge in [0.25, 0.3) is 0 Å². The van der Waals surface area contributed by atoms with E-state index in [9.17, 15) is 4.39 Å². The highest BCUT2D eigenvalue weighted by Gasteiger charge is 2.11. The number of halogens is 1. The fraction of sp³-hybridized carbons (Fsp3) is 0.133. The van der Waals surface area contributed by atoms with Gasteiger partial charge in [0.05, 0.1) is 17.9 Å². The lowest BCUT2D eigenvalue weighted by atomic mass is 10.1. The van der Waals surface area contributed by atoms with Crippen molar-refractivity contribution < 1.29 is 9.13 Å². The van der Waals surface area contributed by atoms with Crippen LogP contribution in [0.5, 0.6) is 5.75 Å². The van der Waals surface area contributed by atoms with Gasteiger partial charge in [-0.15, -0.1) is 0 Å². The number of hydrogen-bond donors (Lipinski definition) is 2. The molecule has 0 spiro atoms. The molecule has 0 radical (unpaired) electrons. The summed E-state index contributed by atoms with van der Waals surface area (Å²) in [6.45, 7) is 2.54. The van der Waals surface area contributed by atoms with Crippen molar-refractivity contribution in [1.82, 2.24) is 0 Å². The molecule has 2 aromatic rings. The topological polar surface area (TPSA) is 47.3 Å². The van der Waals surface area contributed by atoms with Crippen molar-refractivity contribution in [3.05, 3.63) is 53.8 Å². The Hall–Kier alpha value is -2.14. The highest BCUT2D eigenvalue weighted by molar-refractivity contribution is 7.80. The zero-order chi connectivity index (χ0) is 14.5. The third-order valence-corrected chi connectivity index (χ3v) is 2.91. The molecule has 0 unspecified atom stereocenters. The van der Waals surface area contributed by atoms with E-state index < -0.39 is 5.82 Å². The Morgan fingerprint density at radius 3 is 2.55 bits per heavy atom. The smallest absolute Gasteiger partial charge is 0.135 e. The lowest BCUT2D eigenvalue weighted by Crippen LogP contribution is -2.14.